The zero-order chi connectivity index (χ0) is 14.7. The Kier molecular flexibility index (Phi) is 4.44. The van der Waals surface area contributed by atoms with E-state index in [1.807, 2.05) is 25.1 Å². The summed E-state index contributed by atoms with van der Waals surface area (Å²) in [6.07, 6.45) is 0.709. The Hall–Kier alpha value is -1.82. The SMILES string of the molecule is COc1ccc(CCN2C(=O)[C@H](C)NC2=S)cc1OC. The molecule has 1 aromatic rings. The highest BCUT2D eigenvalue weighted by atomic mass is 32.1. The molecule has 1 fully saturated rings. The first-order chi connectivity index (χ1) is 9.56. The summed E-state index contributed by atoms with van der Waals surface area (Å²) in [5.41, 5.74) is 1.07. The van der Waals surface area contributed by atoms with Crippen LogP contribution in [0.1, 0.15) is 12.5 Å². The van der Waals surface area contributed by atoms with E-state index in [0.717, 1.165) is 5.56 Å². The number of nitrogens with one attached hydrogen (secondary N) is 1. The van der Waals surface area contributed by atoms with Crippen LogP contribution in [-0.4, -0.2) is 42.7 Å². The summed E-state index contributed by atoms with van der Waals surface area (Å²) in [7, 11) is 3.21. The zero-order valence-electron chi connectivity index (χ0n) is 11.8. The van der Waals surface area contributed by atoms with Crippen LogP contribution in [0.2, 0.25) is 0 Å². The molecule has 0 unspecified atom stereocenters. The molecule has 5 nitrogen and oxygen atoms in total. The van der Waals surface area contributed by atoms with E-state index < -0.39 is 0 Å². The van der Waals surface area contributed by atoms with E-state index >= 15 is 0 Å². The van der Waals surface area contributed by atoms with E-state index in [1.165, 1.54) is 0 Å². The summed E-state index contributed by atoms with van der Waals surface area (Å²) in [5, 5.41) is 3.46. The number of carbonyl (C=O) groups is 1. The number of ether oxygens (including phenoxy) is 2. The first-order valence-corrected chi connectivity index (χ1v) is 6.80. The maximum atomic E-state index is 11.9. The van der Waals surface area contributed by atoms with Gasteiger partial charge in [0.05, 0.1) is 14.2 Å². The number of rotatable bonds is 5. The third-order valence-corrected chi connectivity index (χ3v) is 3.63. The molecule has 1 saturated heterocycles. The van der Waals surface area contributed by atoms with Gasteiger partial charge in [0, 0.05) is 6.54 Å². The minimum absolute atomic E-state index is 0.0236. The Bertz CT molecular complexity index is 533. The Morgan fingerprint density at radius 1 is 1.30 bits per heavy atom. The van der Waals surface area contributed by atoms with Gasteiger partial charge < -0.3 is 14.8 Å². The Morgan fingerprint density at radius 3 is 2.55 bits per heavy atom. The molecule has 1 aliphatic rings. The van der Waals surface area contributed by atoms with E-state index in [-0.39, 0.29) is 11.9 Å². The van der Waals surface area contributed by atoms with Gasteiger partial charge >= 0.3 is 0 Å². The van der Waals surface area contributed by atoms with Crippen LogP contribution in [0.5, 0.6) is 11.5 Å². The molecule has 1 atom stereocenters. The molecule has 20 heavy (non-hydrogen) atoms. The summed E-state index contributed by atoms with van der Waals surface area (Å²) in [6.45, 7) is 2.37. The van der Waals surface area contributed by atoms with Crippen molar-refractivity contribution in [2.75, 3.05) is 20.8 Å². The first kappa shape index (κ1) is 14.6. The fourth-order valence-corrected chi connectivity index (χ4v) is 2.51. The number of hydrogen-bond donors (Lipinski definition) is 1. The molecule has 0 aromatic heterocycles. The number of methoxy groups -OCH3 is 2. The Morgan fingerprint density at radius 2 is 2.00 bits per heavy atom. The van der Waals surface area contributed by atoms with E-state index in [1.54, 1.807) is 19.1 Å². The topological polar surface area (TPSA) is 50.8 Å². The van der Waals surface area contributed by atoms with Crippen LogP contribution in [0.15, 0.2) is 18.2 Å². The highest BCUT2D eigenvalue weighted by Gasteiger charge is 2.31. The molecular formula is C14H18N2O3S. The molecule has 1 aliphatic heterocycles. The van der Waals surface area contributed by atoms with Gasteiger partial charge in [-0.2, -0.15) is 0 Å². The molecule has 0 bridgehead atoms. The molecule has 1 heterocycles. The number of hydrogen-bond acceptors (Lipinski definition) is 4. The van der Waals surface area contributed by atoms with Crippen LogP contribution in [0.25, 0.3) is 0 Å². The molecule has 6 heteroatoms. The third kappa shape index (κ3) is 2.85. The van der Waals surface area contributed by atoms with Gasteiger partial charge in [-0.25, -0.2) is 0 Å². The maximum Gasteiger partial charge on any atom is 0.251 e. The standard InChI is InChI=1S/C14H18N2O3S/c1-9-13(17)16(14(20)15-9)7-6-10-4-5-11(18-2)12(8-10)19-3/h4-5,8-9H,6-7H2,1-3H3,(H,15,20)/t9-/m0/s1. The summed E-state index contributed by atoms with van der Waals surface area (Å²) in [5.74, 6) is 1.40. The fraction of sp³-hybridized carbons (Fsp3) is 0.429. The molecule has 0 saturated carbocycles. The normalized spacial score (nSPS) is 18.1. The summed E-state index contributed by atoms with van der Waals surface area (Å²) >= 11 is 5.15. The lowest BCUT2D eigenvalue weighted by atomic mass is 10.1. The highest BCUT2D eigenvalue weighted by molar-refractivity contribution is 7.80. The monoisotopic (exact) mass is 294 g/mol. The Labute approximate surface area is 123 Å². The van der Waals surface area contributed by atoms with Gasteiger partial charge in [-0.15, -0.1) is 0 Å². The van der Waals surface area contributed by atoms with Gasteiger partial charge in [-0.05, 0) is 43.3 Å². The Balaban J connectivity index is 2.04. The minimum Gasteiger partial charge on any atom is -0.493 e. The van der Waals surface area contributed by atoms with Crippen LogP contribution in [0.3, 0.4) is 0 Å². The van der Waals surface area contributed by atoms with Crippen LogP contribution in [-0.2, 0) is 11.2 Å². The molecule has 1 N–H and O–H groups in total. The van der Waals surface area contributed by atoms with E-state index in [9.17, 15) is 4.79 Å². The van der Waals surface area contributed by atoms with E-state index in [0.29, 0.717) is 29.6 Å². The highest BCUT2D eigenvalue weighted by Crippen LogP contribution is 2.27. The van der Waals surface area contributed by atoms with Gasteiger partial charge in [-0.3, -0.25) is 9.69 Å². The fourth-order valence-electron chi connectivity index (χ4n) is 2.15. The van der Waals surface area contributed by atoms with Crippen LogP contribution >= 0.6 is 12.2 Å². The number of thiocarbonyl (C=S) groups is 1. The largest absolute Gasteiger partial charge is 0.493 e. The molecule has 0 radical (unpaired) electrons. The minimum atomic E-state index is -0.229. The van der Waals surface area contributed by atoms with Crippen molar-refractivity contribution in [3.63, 3.8) is 0 Å². The average molecular weight is 294 g/mol. The van der Waals surface area contributed by atoms with Crippen LogP contribution in [0.4, 0.5) is 0 Å². The van der Waals surface area contributed by atoms with Gasteiger partial charge in [0.25, 0.3) is 5.91 Å². The summed E-state index contributed by atoms with van der Waals surface area (Å²) in [6, 6.07) is 5.51. The van der Waals surface area contributed by atoms with Crippen LogP contribution < -0.4 is 14.8 Å². The van der Waals surface area contributed by atoms with Crippen molar-refractivity contribution in [1.82, 2.24) is 10.2 Å². The van der Waals surface area contributed by atoms with Crippen molar-refractivity contribution >= 4 is 23.2 Å². The molecule has 108 valence electrons. The van der Waals surface area contributed by atoms with Gasteiger partial charge in [0.2, 0.25) is 0 Å². The number of carbonyl (C=O) groups excluding carboxylic acids is 1. The van der Waals surface area contributed by atoms with Crippen molar-refractivity contribution in [2.45, 2.75) is 19.4 Å². The molecule has 0 spiro atoms. The second kappa shape index (κ2) is 6.09. The average Bonchev–Trinajstić information content (AvgIpc) is 2.70. The van der Waals surface area contributed by atoms with Gasteiger partial charge in [0.1, 0.15) is 6.04 Å². The van der Waals surface area contributed by atoms with Crippen molar-refractivity contribution in [2.24, 2.45) is 0 Å². The maximum absolute atomic E-state index is 11.9. The molecular weight excluding hydrogens is 276 g/mol. The predicted octanol–water partition coefficient (Wildman–Crippen LogP) is 1.35. The predicted molar refractivity (Wildman–Crippen MR) is 80.2 cm³/mol. The van der Waals surface area contributed by atoms with Crippen molar-refractivity contribution in [1.29, 1.82) is 0 Å². The quantitative estimate of drug-likeness (QED) is 0.831. The molecule has 0 aliphatic carbocycles. The molecule has 2 rings (SSSR count). The second-order valence-corrected chi connectivity index (χ2v) is 4.99. The van der Waals surface area contributed by atoms with Crippen molar-refractivity contribution in [3.8, 4) is 11.5 Å². The zero-order valence-corrected chi connectivity index (χ0v) is 12.6. The van der Waals surface area contributed by atoms with E-state index in [2.05, 4.69) is 5.32 Å². The smallest absolute Gasteiger partial charge is 0.251 e. The number of nitrogens with zero attached hydrogens (tertiary/aromatic N) is 1. The lowest BCUT2D eigenvalue weighted by molar-refractivity contribution is -0.126. The van der Waals surface area contributed by atoms with Gasteiger partial charge in [-0.1, -0.05) is 6.07 Å². The first-order valence-electron chi connectivity index (χ1n) is 6.39. The third-order valence-electron chi connectivity index (χ3n) is 3.29. The number of benzene rings is 1. The van der Waals surface area contributed by atoms with Gasteiger partial charge in [0.15, 0.2) is 16.6 Å². The van der Waals surface area contributed by atoms with E-state index in [4.69, 9.17) is 21.7 Å². The summed E-state index contributed by atoms with van der Waals surface area (Å²) < 4.78 is 10.5. The molecule has 1 amide bonds. The lowest BCUT2D eigenvalue weighted by Crippen LogP contribution is -2.32. The van der Waals surface area contributed by atoms with Crippen LogP contribution in [0, 0.1) is 0 Å². The lowest BCUT2D eigenvalue weighted by Gasteiger charge is -2.15. The second-order valence-electron chi connectivity index (χ2n) is 4.60. The number of amides is 1. The summed E-state index contributed by atoms with van der Waals surface area (Å²) in [4.78, 5) is 13.5. The van der Waals surface area contributed by atoms with Crippen molar-refractivity contribution < 1.29 is 14.3 Å². The molecule has 1 aromatic carbocycles. The van der Waals surface area contributed by atoms with Crippen molar-refractivity contribution in [3.05, 3.63) is 23.8 Å².